The summed E-state index contributed by atoms with van der Waals surface area (Å²) in [7, 11) is 0. The third kappa shape index (κ3) is 2.76. The zero-order valence-electron chi connectivity index (χ0n) is 10.9. The third-order valence-corrected chi connectivity index (χ3v) is 4.44. The Bertz CT molecular complexity index is 830. The molecule has 2 aromatic carbocycles. The Morgan fingerprint density at radius 1 is 1.24 bits per heavy atom. The number of aromatic nitrogens is 2. The number of nitrogens with zero attached hydrogens (tertiary/aromatic N) is 2. The minimum absolute atomic E-state index is 0.299. The van der Waals surface area contributed by atoms with Crippen molar-refractivity contribution in [2.75, 3.05) is 0 Å². The van der Waals surface area contributed by atoms with E-state index in [0.717, 1.165) is 14.8 Å². The van der Waals surface area contributed by atoms with Crippen LogP contribution in [0.3, 0.4) is 0 Å². The first-order chi connectivity index (χ1) is 9.97. The highest BCUT2D eigenvalue weighted by atomic mass is 127. The molecule has 2 nitrogen and oxygen atoms in total. The Morgan fingerprint density at radius 2 is 2.00 bits per heavy atom. The summed E-state index contributed by atoms with van der Waals surface area (Å²) in [4.78, 5) is 4.47. The van der Waals surface area contributed by atoms with Crippen LogP contribution < -0.4 is 0 Å². The van der Waals surface area contributed by atoms with Gasteiger partial charge in [0, 0.05) is 14.7 Å². The molecular formula is C15H10Cl2FIN2. The lowest BCUT2D eigenvalue weighted by molar-refractivity contribution is 0.629. The van der Waals surface area contributed by atoms with Gasteiger partial charge in [-0.15, -0.1) is 11.6 Å². The van der Waals surface area contributed by atoms with E-state index in [4.69, 9.17) is 23.2 Å². The summed E-state index contributed by atoms with van der Waals surface area (Å²) in [6.07, 6.45) is 0. The smallest absolute Gasteiger partial charge is 0.132 e. The van der Waals surface area contributed by atoms with Gasteiger partial charge in [0.15, 0.2) is 0 Å². The standard InChI is InChI=1S/C15H10Cl2FIN2/c1-8(16)15-20-12-7-10(18)3-5-14(12)21(15)13-4-2-9(17)6-11(13)19/h2-8H,1H3. The second kappa shape index (κ2) is 5.74. The van der Waals surface area contributed by atoms with Gasteiger partial charge in [0.25, 0.3) is 0 Å². The fourth-order valence-corrected chi connectivity index (χ4v) is 3.51. The molecule has 108 valence electrons. The molecule has 3 aromatic rings. The number of benzene rings is 2. The Balaban J connectivity index is 2.36. The summed E-state index contributed by atoms with van der Waals surface area (Å²) >= 11 is 14.5. The van der Waals surface area contributed by atoms with Gasteiger partial charge >= 0.3 is 0 Å². The van der Waals surface area contributed by atoms with Crippen LogP contribution in [-0.4, -0.2) is 9.55 Å². The van der Waals surface area contributed by atoms with Crippen molar-refractivity contribution in [2.45, 2.75) is 12.3 Å². The van der Waals surface area contributed by atoms with Gasteiger partial charge in [-0.05, 0) is 59.8 Å². The normalized spacial score (nSPS) is 12.8. The second-order valence-corrected chi connectivity index (χ2v) is 6.90. The molecule has 0 saturated carbocycles. The van der Waals surface area contributed by atoms with Gasteiger partial charge in [0.1, 0.15) is 11.6 Å². The van der Waals surface area contributed by atoms with Crippen LogP contribution in [0.5, 0.6) is 0 Å². The van der Waals surface area contributed by atoms with Gasteiger partial charge in [-0.2, -0.15) is 0 Å². The zero-order valence-corrected chi connectivity index (χ0v) is 14.6. The van der Waals surface area contributed by atoms with E-state index < -0.39 is 0 Å². The average Bonchev–Trinajstić information content (AvgIpc) is 2.77. The fourth-order valence-electron chi connectivity index (χ4n) is 2.25. The molecule has 1 unspecified atom stereocenters. The number of alkyl halides is 1. The number of halogens is 4. The molecular weight excluding hydrogens is 425 g/mol. The maximum Gasteiger partial charge on any atom is 0.132 e. The van der Waals surface area contributed by atoms with Crippen molar-refractivity contribution in [3.63, 3.8) is 0 Å². The minimum Gasteiger partial charge on any atom is -0.294 e. The summed E-state index contributed by atoms with van der Waals surface area (Å²) in [5.41, 5.74) is 2.33. The molecule has 1 heterocycles. The molecule has 3 rings (SSSR count). The molecule has 0 bridgehead atoms. The predicted octanol–water partition coefficient (Wildman–Crippen LogP) is 5.72. The molecule has 0 fully saturated rings. The van der Waals surface area contributed by atoms with Crippen LogP contribution >= 0.6 is 45.8 Å². The Hall–Kier alpha value is -0.850. The largest absolute Gasteiger partial charge is 0.294 e. The van der Waals surface area contributed by atoms with E-state index in [2.05, 4.69) is 27.6 Å². The summed E-state index contributed by atoms with van der Waals surface area (Å²) < 4.78 is 16.3. The van der Waals surface area contributed by atoms with Crippen molar-refractivity contribution in [3.05, 3.63) is 56.6 Å². The molecule has 0 saturated heterocycles. The van der Waals surface area contributed by atoms with Gasteiger partial charge in [-0.1, -0.05) is 11.6 Å². The lowest BCUT2D eigenvalue weighted by atomic mass is 10.2. The SMILES string of the molecule is CC(Cl)c1nc2cc(F)ccc2n1-c1ccc(Cl)cc1I. The van der Waals surface area contributed by atoms with Crippen LogP contribution in [0.1, 0.15) is 18.1 Å². The first-order valence-corrected chi connectivity index (χ1v) is 8.14. The predicted molar refractivity (Wildman–Crippen MR) is 93.0 cm³/mol. The Morgan fingerprint density at radius 3 is 2.67 bits per heavy atom. The van der Waals surface area contributed by atoms with Gasteiger partial charge < -0.3 is 0 Å². The van der Waals surface area contributed by atoms with Crippen molar-refractivity contribution in [3.8, 4) is 5.69 Å². The lowest BCUT2D eigenvalue weighted by Crippen LogP contribution is -2.03. The van der Waals surface area contributed by atoms with E-state index in [0.29, 0.717) is 16.4 Å². The van der Waals surface area contributed by atoms with Crippen molar-refractivity contribution < 1.29 is 4.39 Å². The topological polar surface area (TPSA) is 17.8 Å². The van der Waals surface area contributed by atoms with Gasteiger partial charge in [-0.25, -0.2) is 9.37 Å². The molecule has 0 aliphatic heterocycles. The van der Waals surface area contributed by atoms with Crippen molar-refractivity contribution in [1.29, 1.82) is 0 Å². The van der Waals surface area contributed by atoms with E-state index in [1.807, 2.05) is 29.7 Å². The molecule has 1 atom stereocenters. The van der Waals surface area contributed by atoms with Crippen LogP contribution in [0.25, 0.3) is 16.7 Å². The maximum atomic E-state index is 13.4. The van der Waals surface area contributed by atoms with Crippen LogP contribution in [0, 0.1) is 9.39 Å². The van der Waals surface area contributed by atoms with Crippen molar-refractivity contribution in [1.82, 2.24) is 9.55 Å². The van der Waals surface area contributed by atoms with Crippen LogP contribution in [0.4, 0.5) is 4.39 Å². The van der Waals surface area contributed by atoms with E-state index >= 15 is 0 Å². The van der Waals surface area contributed by atoms with Gasteiger partial charge in [0.2, 0.25) is 0 Å². The highest BCUT2D eigenvalue weighted by Crippen LogP contribution is 2.31. The third-order valence-electron chi connectivity index (χ3n) is 3.15. The first-order valence-electron chi connectivity index (χ1n) is 6.25. The number of fused-ring (bicyclic) bond motifs is 1. The number of rotatable bonds is 2. The van der Waals surface area contributed by atoms with E-state index in [-0.39, 0.29) is 11.2 Å². The van der Waals surface area contributed by atoms with E-state index in [1.165, 1.54) is 12.1 Å². The summed E-state index contributed by atoms with van der Waals surface area (Å²) in [5.74, 6) is 0.365. The second-order valence-electron chi connectivity index (χ2n) is 4.65. The Labute approximate surface area is 145 Å². The fraction of sp³-hybridized carbons (Fsp3) is 0.133. The Kier molecular flexibility index (Phi) is 4.12. The lowest BCUT2D eigenvalue weighted by Gasteiger charge is -2.12. The highest BCUT2D eigenvalue weighted by molar-refractivity contribution is 14.1. The van der Waals surface area contributed by atoms with E-state index in [9.17, 15) is 4.39 Å². The maximum absolute atomic E-state index is 13.4. The summed E-state index contributed by atoms with van der Waals surface area (Å²) in [5, 5.41) is 0.367. The van der Waals surface area contributed by atoms with Gasteiger partial charge in [0.05, 0.1) is 22.1 Å². The highest BCUT2D eigenvalue weighted by Gasteiger charge is 2.18. The number of hydrogen-bond donors (Lipinski definition) is 0. The van der Waals surface area contributed by atoms with Gasteiger partial charge in [-0.3, -0.25) is 4.57 Å². The summed E-state index contributed by atoms with van der Waals surface area (Å²) in [6.45, 7) is 1.85. The van der Waals surface area contributed by atoms with E-state index in [1.54, 1.807) is 6.07 Å². The molecule has 0 N–H and O–H groups in total. The molecule has 0 aliphatic carbocycles. The number of hydrogen-bond acceptors (Lipinski definition) is 1. The number of imidazole rings is 1. The monoisotopic (exact) mass is 434 g/mol. The van der Waals surface area contributed by atoms with Crippen LogP contribution in [0.2, 0.25) is 5.02 Å². The molecule has 6 heteroatoms. The summed E-state index contributed by atoms with van der Waals surface area (Å²) in [6, 6.07) is 10.2. The average molecular weight is 435 g/mol. The minimum atomic E-state index is -0.313. The molecule has 0 spiro atoms. The first kappa shape index (κ1) is 15.1. The van der Waals surface area contributed by atoms with Crippen LogP contribution in [0.15, 0.2) is 36.4 Å². The van der Waals surface area contributed by atoms with Crippen molar-refractivity contribution in [2.24, 2.45) is 0 Å². The van der Waals surface area contributed by atoms with Crippen LogP contribution in [-0.2, 0) is 0 Å². The molecule has 0 amide bonds. The molecule has 21 heavy (non-hydrogen) atoms. The quantitative estimate of drug-likeness (QED) is 0.372. The molecule has 1 aromatic heterocycles. The van der Waals surface area contributed by atoms with Crippen molar-refractivity contribution >= 4 is 56.8 Å². The molecule has 0 radical (unpaired) electrons. The molecule has 0 aliphatic rings. The zero-order chi connectivity index (χ0) is 15.1.